The average Bonchev–Trinajstić information content (AvgIpc) is 2.69. The molecule has 1 heterocycles. The second kappa shape index (κ2) is 9.26. The molecule has 1 aromatic heterocycles. The van der Waals surface area contributed by atoms with Crippen LogP contribution in [0, 0.1) is 0 Å². The number of aromatic nitrogens is 1. The van der Waals surface area contributed by atoms with Gasteiger partial charge in [-0.2, -0.15) is 0 Å². The summed E-state index contributed by atoms with van der Waals surface area (Å²) in [6.07, 6.45) is 1.64. The lowest BCUT2D eigenvalue weighted by Crippen LogP contribution is -2.19. The summed E-state index contributed by atoms with van der Waals surface area (Å²) >= 11 is 10.8. The Balaban J connectivity index is 1.84. The van der Waals surface area contributed by atoms with E-state index in [1.165, 1.54) is 11.8 Å². The summed E-state index contributed by atoms with van der Waals surface area (Å²) in [6, 6.07) is 18.5. The summed E-state index contributed by atoms with van der Waals surface area (Å²) in [5.41, 5.74) is 0.856. The molecule has 138 valence electrons. The Labute approximate surface area is 175 Å². The number of nitrogens with one attached hydrogen (secondary N) is 1. The Hall–Kier alpha value is -2.02. The van der Waals surface area contributed by atoms with Gasteiger partial charge >= 0.3 is 0 Å². The van der Waals surface area contributed by atoms with E-state index in [4.69, 9.17) is 16.3 Å². The normalized spacial score (nSPS) is 11.7. The number of rotatable bonds is 6. The van der Waals surface area contributed by atoms with Crippen molar-refractivity contribution >= 4 is 51.0 Å². The van der Waals surface area contributed by atoms with Gasteiger partial charge in [-0.05, 0) is 70.0 Å². The highest BCUT2D eigenvalue weighted by Gasteiger charge is 2.22. The third-order valence-electron chi connectivity index (χ3n) is 3.70. The third kappa shape index (κ3) is 5.48. The summed E-state index contributed by atoms with van der Waals surface area (Å²) in [5.74, 6) is 1.11. The van der Waals surface area contributed by atoms with E-state index < -0.39 is 5.25 Å². The molecule has 0 saturated carbocycles. The number of amides is 1. The van der Waals surface area contributed by atoms with E-state index in [1.807, 2.05) is 42.5 Å². The Bertz CT molecular complexity index is 903. The van der Waals surface area contributed by atoms with Crippen LogP contribution in [0.4, 0.5) is 5.82 Å². The number of anilines is 1. The van der Waals surface area contributed by atoms with Crippen molar-refractivity contribution in [2.24, 2.45) is 0 Å². The van der Waals surface area contributed by atoms with Gasteiger partial charge in [-0.25, -0.2) is 4.98 Å². The van der Waals surface area contributed by atoms with Gasteiger partial charge in [-0.3, -0.25) is 4.79 Å². The van der Waals surface area contributed by atoms with Gasteiger partial charge in [0.2, 0.25) is 5.91 Å². The molecule has 2 aromatic carbocycles. The van der Waals surface area contributed by atoms with Gasteiger partial charge in [0, 0.05) is 20.6 Å². The van der Waals surface area contributed by atoms with Gasteiger partial charge in [0.05, 0.1) is 7.11 Å². The van der Waals surface area contributed by atoms with Crippen LogP contribution in [0.25, 0.3) is 0 Å². The highest BCUT2D eigenvalue weighted by molar-refractivity contribution is 9.10. The number of ether oxygens (including phenoxy) is 1. The number of hydrogen-bond acceptors (Lipinski definition) is 4. The van der Waals surface area contributed by atoms with Crippen molar-refractivity contribution in [2.75, 3.05) is 12.4 Å². The fourth-order valence-electron chi connectivity index (χ4n) is 2.34. The number of pyridine rings is 1. The molecule has 27 heavy (non-hydrogen) atoms. The van der Waals surface area contributed by atoms with Crippen molar-refractivity contribution in [3.8, 4) is 5.75 Å². The number of nitrogens with zero attached hydrogens (tertiary/aromatic N) is 1. The molecule has 0 spiro atoms. The fourth-order valence-corrected chi connectivity index (χ4v) is 3.73. The lowest BCUT2D eigenvalue weighted by molar-refractivity contribution is -0.115. The molecule has 0 fully saturated rings. The predicted molar refractivity (Wildman–Crippen MR) is 114 cm³/mol. The van der Waals surface area contributed by atoms with Gasteiger partial charge in [0.25, 0.3) is 0 Å². The predicted octanol–water partition coefficient (Wildman–Crippen LogP) is 5.98. The van der Waals surface area contributed by atoms with Crippen molar-refractivity contribution in [2.45, 2.75) is 10.1 Å². The van der Waals surface area contributed by atoms with Crippen molar-refractivity contribution < 1.29 is 9.53 Å². The molecule has 0 bridgehead atoms. The highest BCUT2D eigenvalue weighted by atomic mass is 79.9. The summed E-state index contributed by atoms with van der Waals surface area (Å²) in [7, 11) is 1.62. The van der Waals surface area contributed by atoms with Crippen LogP contribution in [-0.2, 0) is 4.79 Å². The van der Waals surface area contributed by atoms with E-state index in [-0.39, 0.29) is 5.91 Å². The third-order valence-corrected chi connectivity index (χ3v) is 5.69. The Morgan fingerprint density at radius 2 is 1.81 bits per heavy atom. The SMILES string of the molecule is COc1ccc(SC(C(=O)Nc2ccc(Br)cn2)c2ccc(Cl)cc2)cc1. The first-order valence-electron chi connectivity index (χ1n) is 8.04. The van der Waals surface area contributed by atoms with E-state index in [9.17, 15) is 4.79 Å². The number of benzene rings is 2. The monoisotopic (exact) mass is 462 g/mol. The van der Waals surface area contributed by atoms with Crippen LogP contribution >= 0.6 is 39.3 Å². The van der Waals surface area contributed by atoms with Crippen LogP contribution in [0.15, 0.2) is 76.2 Å². The first-order chi connectivity index (χ1) is 13.0. The second-order valence-corrected chi connectivity index (χ2v) is 8.11. The first kappa shape index (κ1) is 19.7. The lowest BCUT2D eigenvalue weighted by Gasteiger charge is -2.17. The zero-order valence-electron chi connectivity index (χ0n) is 14.4. The van der Waals surface area contributed by atoms with Gasteiger partial charge in [-0.15, -0.1) is 11.8 Å². The largest absolute Gasteiger partial charge is 0.497 e. The molecule has 1 unspecified atom stereocenters. The number of halogens is 2. The summed E-state index contributed by atoms with van der Waals surface area (Å²) in [6.45, 7) is 0. The van der Waals surface area contributed by atoms with Gasteiger partial charge in [0.15, 0.2) is 0 Å². The first-order valence-corrected chi connectivity index (χ1v) is 10.1. The minimum atomic E-state index is -0.457. The number of thioether (sulfide) groups is 1. The van der Waals surface area contributed by atoms with Crippen molar-refractivity contribution in [1.82, 2.24) is 4.98 Å². The van der Waals surface area contributed by atoms with Gasteiger partial charge < -0.3 is 10.1 Å². The van der Waals surface area contributed by atoms with E-state index in [2.05, 4.69) is 26.2 Å². The highest BCUT2D eigenvalue weighted by Crippen LogP contribution is 2.37. The minimum absolute atomic E-state index is 0.159. The molecule has 0 aliphatic rings. The molecular weight excluding hydrogens is 448 g/mol. The van der Waals surface area contributed by atoms with E-state index >= 15 is 0 Å². The average molecular weight is 464 g/mol. The molecule has 7 heteroatoms. The summed E-state index contributed by atoms with van der Waals surface area (Å²) < 4.78 is 6.04. The molecule has 0 radical (unpaired) electrons. The zero-order valence-corrected chi connectivity index (χ0v) is 17.5. The maximum absolute atomic E-state index is 13.0. The molecular formula is C20H16BrClN2O2S. The topological polar surface area (TPSA) is 51.2 Å². The molecule has 0 aliphatic heterocycles. The van der Waals surface area contributed by atoms with Crippen LogP contribution in [0.2, 0.25) is 5.02 Å². The molecule has 0 aliphatic carbocycles. The number of hydrogen-bond donors (Lipinski definition) is 1. The molecule has 1 atom stereocenters. The number of carbonyl (C=O) groups excluding carboxylic acids is 1. The van der Waals surface area contributed by atoms with E-state index in [1.54, 1.807) is 31.5 Å². The molecule has 3 aromatic rings. The van der Waals surface area contributed by atoms with E-state index in [0.29, 0.717) is 10.8 Å². The molecule has 1 amide bonds. The summed E-state index contributed by atoms with van der Waals surface area (Å²) in [4.78, 5) is 18.1. The van der Waals surface area contributed by atoms with Crippen LogP contribution in [-0.4, -0.2) is 18.0 Å². The Morgan fingerprint density at radius 3 is 2.41 bits per heavy atom. The minimum Gasteiger partial charge on any atom is -0.497 e. The second-order valence-electron chi connectivity index (χ2n) is 5.58. The quantitative estimate of drug-likeness (QED) is 0.457. The Morgan fingerprint density at radius 1 is 1.11 bits per heavy atom. The number of carbonyl (C=O) groups is 1. The summed E-state index contributed by atoms with van der Waals surface area (Å²) in [5, 5.41) is 3.05. The van der Waals surface area contributed by atoms with Gasteiger partial charge in [-0.1, -0.05) is 23.7 Å². The molecule has 0 saturated heterocycles. The van der Waals surface area contributed by atoms with Crippen LogP contribution in [0.5, 0.6) is 5.75 Å². The number of methoxy groups -OCH3 is 1. The standard InChI is InChI=1S/C20H16BrClN2O2S/c1-26-16-7-9-17(10-8-16)27-19(13-2-5-15(22)6-3-13)20(25)24-18-11-4-14(21)12-23-18/h2-12,19H,1H3,(H,23,24,25). The van der Waals surface area contributed by atoms with Crippen LogP contribution in [0.3, 0.4) is 0 Å². The Kier molecular flexibility index (Phi) is 6.77. The van der Waals surface area contributed by atoms with Crippen molar-refractivity contribution in [3.63, 3.8) is 0 Å². The molecule has 3 rings (SSSR count). The molecule has 4 nitrogen and oxygen atoms in total. The maximum Gasteiger partial charge on any atom is 0.243 e. The van der Waals surface area contributed by atoms with Gasteiger partial charge in [0.1, 0.15) is 16.8 Å². The zero-order chi connectivity index (χ0) is 19.2. The maximum atomic E-state index is 13.0. The van der Waals surface area contributed by atoms with E-state index in [0.717, 1.165) is 20.7 Å². The van der Waals surface area contributed by atoms with Crippen molar-refractivity contribution in [3.05, 3.63) is 81.9 Å². The van der Waals surface area contributed by atoms with Crippen LogP contribution < -0.4 is 10.1 Å². The lowest BCUT2D eigenvalue weighted by atomic mass is 10.1. The fraction of sp³-hybridized carbons (Fsp3) is 0.100. The molecule has 1 N–H and O–H groups in total. The van der Waals surface area contributed by atoms with Crippen LogP contribution in [0.1, 0.15) is 10.8 Å². The van der Waals surface area contributed by atoms with Crippen molar-refractivity contribution in [1.29, 1.82) is 0 Å². The smallest absolute Gasteiger partial charge is 0.243 e.